The van der Waals surface area contributed by atoms with E-state index in [1.54, 1.807) is 12.1 Å². The first-order valence-corrected chi connectivity index (χ1v) is 11.2. The Labute approximate surface area is 179 Å². The number of carbonyl (C=O) groups is 2. The largest absolute Gasteiger partial charge is 0.460 e. The van der Waals surface area contributed by atoms with Crippen molar-refractivity contribution in [3.63, 3.8) is 0 Å². The summed E-state index contributed by atoms with van der Waals surface area (Å²) in [5.74, 6) is -0.234. The Morgan fingerprint density at radius 3 is 2.23 bits per heavy atom. The lowest BCUT2D eigenvalue weighted by Gasteiger charge is -2.38. The number of anilines is 1. The van der Waals surface area contributed by atoms with E-state index in [4.69, 9.17) is 4.74 Å². The molecule has 0 N–H and O–H groups in total. The van der Waals surface area contributed by atoms with Gasteiger partial charge in [0, 0.05) is 37.8 Å². The Balaban J connectivity index is 1.60. The number of piperazine rings is 1. The van der Waals surface area contributed by atoms with E-state index in [1.807, 2.05) is 25.7 Å². The molecular weight excluding hydrogens is 383 g/mol. The molecule has 5 nitrogen and oxygen atoms in total. The quantitative estimate of drug-likeness (QED) is 0.643. The van der Waals surface area contributed by atoms with E-state index in [2.05, 4.69) is 4.90 Å². The van der Waals surface area contributed by atoms with Crippen LogP contribution >= 0.6 is 0 Å². The van der Waals surface area contributed by atoms with Crippen LogP contribution in [0.5, 0.6) is 0 Å². The minimum atomic E-state index is -0.543. The molecule has 6 heteroatoms. The zero-order valence-electron chi connectivity index (χ0n) is 18.5. The summed E-state index contributed by atoms with van der Waals surface area (Å²) in [4.78, 5) is 29.9. The summed E-state index contributed by atoms with van der Waals surface area (Å²) in [6.45, 7) is 8.21. The molecule has 30 heavy (non-hydrogen) atoms. The van der Waals surface area contributed by atoms with Crippen molar-refractivity contribution in [3.8, 4) is 0 Å². The zero-order chi connectivity index (χ0) is 21.7. The van der Waals surface area contributed by atoms with E-state index in [0.717, 1.165) is 24.9 Å². The fourth-order valence-corrected chi connectivity index (χ4v) is 4.60. The fraction of sp³-hybridized carbons (Fsp3) is 0.667. The molecule has 1 aliphatic carbocycles. The molecule has 0 spiro atoms. The molecule has 1 amide bonds. The maximum atomic E-state index is 13.3. The van der Waals surface area contributed by atoms with Crippen molar-refractivity contribution in [1.82, 2.24) is 4.90 Å². The highest BCUT2D eigenvalue weighted by Crippen LogP contribution is 2.33. The molecule has 1 unspecified atom stereocenters. The van der Waals surface area contributed by atoms with Crippen molar-refractivity contribution in [2.45, 2.75) is 64.9 Å². The molecule has 0 bridgehead atoms. The minimum absolute atomic E-state index is 0.0755. The lowest BCUT2D eigenvalue weighted by atomic mass is 9.89. The predicted octanol–water partition coefficient (Wildman–Crippen LogP) is 4.40. The Kier molecular flexibility index (Phi) is 7.37. The third-order valence-corrected chi connectivity index (χ3v) is 6.06. The summed E-state index contributed by atoms with van der Waals surface area (Å²) in [7, 11) is 0. The smallest absolute Gasteiger partial charge is 0.307 e. The van der Waals surface area contributed by atoms with Crippen molar-refractivity contribution < 1.29 is 18.7 Å². The highest BCUT2D eigenvalue weighted by atomic mass is 19.1. The van der Waals surface area contributed by atoms with Crippen LogP contribution in [0.15, 0.2) is 24.3 Å². The number of ether oxygens (including phenoxy) is 1. The Bertz CT molecular complexity index is 715. The molecule has 1 atom stereocenters. The monoisotopic (exact) mass is 418 g/mol. The van der Waals surface area contributed by atoms with E-state index in [0.29, 0.717) is 32.1 Å². The topological polar surface area (TPSA) is 49.9 Å². The first-order chi connectivity index (χ1) is 14.2. The number of rotatable bonds is 6. The fourth-order valence-electron chi connectivity index (χ4n) is 4.60. The molecule has 3 rings (SSSR count). The van der Waals surface area contributed by atoms with Gasteiger partial charge < -0.3 is 14.5 Å². The van der Waals surface area contributed by atoms with Crippen molar-refractivity contribution in [3.05, 3.63) is 30.1 Å². The molecule has 0 aromatic heterocycles. The Hall–Kier alpha value is -2.11. The number of hydrogen-bond acceptors (Lipinski definition) is 4. The maximum Gasteiger partial charge on any atom is 0.307 e. The van der Waals surface area contributed by atoms with Crippen molar-refractivity contribution >= 4 is 17.6 Å². The number of amides is 1. The van der Waals surface area contributed by atoms with E-state index in [-0.39, 0.29) is 30.0 Å². The SMILES string of the molecule is CC(C)(C)OC(=O)CC(CC1CCCC1)C(=O)N1CCN(c2ccc(F)cc2)CC1. The molecule has 2 aliphatic rings. The van der Waals surface area contributed by atoms with Gasteiger partial charge in [0.2, 0.25) is 5.91 Å². The standard InChI is InChI=1S/C24H35FN2O3/c1-24(2,3)30-22(28)17-19(16-18-6-4-5-7-18)23(29)27-14-12-26(13-15-27)21-10-8-20(25)9-11-21/h8-11,18-19H,4-7,12-17H2,1-3H3. The third kappa shape index (κ3) is 6.44. The summed E-state index contributed by atoms with van der Waals surface area (Å²) < 4.78 is 18.7. The van der Waals surface area contributed by atoms with Crippen LogP contribution in [0.2, 0.25) is 0 Å². The second-order valence-corrected chi connectivity index (χ2v) is 9.66. The van der Waals surface area contributed by atoms with E-state index < -0.39 is 5.60 Å². The molecule has 1 heterocycles. The van der Waals surface area contributed by atoms with Gasteiger partial charge in [-0.2, -0.15) is 0 Å². The molecule has 1 aliphatic heterocycles. The number of nitrogens with zero attached hydrogens (tertiary/aromatic N) is 2. The summed E-state index contributed by atoms with van der Waals surface area (Å²) >= 11 is 0. The summed E-state index contributed by atoms with van der Waals surface area (Å²) in [5, 5.41) is 0. The number of esters is 1. The van der Waals surface area contributed by atoms with Crippen LogP contribution < -0.4 is 4.90 Å². The summed E-state index contributed by atoms with van der Waals surface area (Å²) in [6.07, 6.45) is 5.66. The van der Waals surface area contributed by atoms with Crippen LogP contribution in [-0.4, -0.2) is 48.6 Å². The molecule has 1 saturated carbocycles. The summed E-state index contributed by atoms with van der Waals surface area (Å²) in [6, 6.07) is 6.48. The normalized spacial score (nSPS) is 19.1. The van der Waals surface area contributed by atoms with Gasteiger partial charge in [-0.25, -0.2) is 4.39 Å². The van der Waals surface area contributed by atoms with Crippen molar-refractivity contribution in [1.29, 1.82) is 0 Å². The minimum Gasteiger partial charge on any atom is -0.460 e. The van der Waals surface area contributed by atoms with Crippen LogP contribution in [0.25, 0.3) is 0 Å². The highest BCUT2D eigenvalue weighted by molar-refractivity contribution is 5.84. The Morgan fingerprint density at radius 2 is 1.67 bits per heavy atom. The van der Waals surface area contributed by atoms with Gasteiger partial charge in [-0.15, -0.1) is 0 Å². The van der Waals surface area contributed by atoms with Gasteiger partial charge in [0.25, 0.3) is 0 Å². The molecule has 166 valence electrons. The second kappa shape index (κ2) is 9.80. The third-order valence-electron chi connectivity index (χ3n) is 6.06. The highest BCUT2D eigenvalue weighted by Gasteiger charge is 2.33. The van der Waals surface area contributed by atoms with E-state index >= 15 is 0 Å². The molecule has 2 fully saturated rings. The van der Waals surface area contributed by atoms with Gasteiger partial charge >= 0.3 is 5.97 Å². The average molecular weight is 419 g/mol. The number of halogens is 1. The predicted molar refractivity (Wildman–Crippen MR) is 116 cm³/mol. The number of benzene rings is 1. The van der Waals surface area contributed by atoms with E-state index in [9.17, 15) is 14.0 Å². The molecule has 1 aromatic rings. The molecule has 1 aromatic carbocycles. The van der Waals surface area contributed by atoms with Crippen LogP contribution in [0.1, 0.15) is 59.3 Å². The summed E-state index contributed by atoms with van der Waals surface area (Å²) in [5.41, 5.74) is 0.429. The number of carbonyl (C=O) groups excluding carboxylic acids is 2. The number of hydrogen-bond donors (Lipinski definition) is 0. The average Bonchev–Trinajstić information content (AvgIpc) is 3.19. The molecule has 1 saturated heterocycles. The molecular formula is C24H35FN2O3. The van der Waals surface area contributed by atoms with Gasteiger partial charge in [0.05, 0.1) is 6.42 Å². The van der Waals surface area contributed by atoms with Crippen molar-refractivity contribution in [2.75, 3.05) is 31.1 Å². The van der Waals surface area contributed by atoms with Gasteiger partial charge in [0.15, 0.2) is 0 Å². The molecule has 0 radical (unpaired) electrons. The van der Waals surface area contributed by atoms with Crippen LogP contribution in [0, 0.1) is 17.7 Å². The Morgan fingerprint density at radius 1 is 1.07 bits per heavy atom. The van der Waals surface area contributed by atoms with Crippen LogP contribution in [0.4, 0.5) is 10.1 Å². The van der Waals surface area contributed by atoms with Gasteiger partial charge in [-0.1, -0.05) is 25.7 Å². The lowest BCUT2D eigenvalue weighted by Crippen LogP contribution is -2.51. The maximum absolute atomic E-state index is 13.3. The van der Waals surface area contributed by atoms with Crippen LogP contribution in [-0.2, 0) is 14.3 Å². The van der Waals surface area contributed by atoms with Gasteiger partial charge in [-0.3, -0.25) is 9.59 Å². The van der Waals surface area contributed by atoms with E-state index in [1.165, 1.54) is 25.0 Å². The zero-order valence-corrected chi connectivity index (χ0v) is 18.5. The second-order valence-electron chi connectivity index (χ2n) is 9.66. The van der Waals surface area contributed by atoms with Gasteiger partial charge in [0.1, 0.15) is 11.4 Å². The van der Waals surface area contributed by atoms with Crippen molar-refractivity contribution in [2.24, 2.45) is 11.8 Å². The van der Waals surface area contributed by atoms with Gasteiger partial charge in [-0.05, 0) is 57.4 Å². The lowest BCUT2D eigenvalue weighted by molar-refractivity contribution is -0.158. The first kappa shape index (κ1) is 22.6. The first-order valence-electron chi connectivity index (χ1n) is 11.2. The van der Waals surface area contributed by atoms with Crippen LogP contribution in [0.3, 0.4) is 0 Å².